The molecule has 1 aromatic heterocycles. The first-order valence-corrected chi connectivity index (χ1v) is 8.44. The van der Waals surface area contributed by atoms with Crippen LogP contribution in [0, 0.1) is 0 Å². The second kappa shape index (κ2) is 6.26. The Balaban J connectivity index is 1.74. The molecule has 0 saturated carbocycles. The van der Waals surface area contributed by atoms with Crippen LogP contribution in [0.25, 0.3) is 5.69 Å². The normalized spacial score (nSPS) is 13.6. The van der Waals surface area contributed by atoms with Gasteiger partial charge in [-0.15, -0.1) is 0 Å². The number of aromatic amines is 1. The fraction of sp³-hybridized carbons (Fsp3) is 0.158. The Morgan fingerprint density at radius 2 is 1.68 bits per heavy atom. The Hall–Kier alpha value is -2.79. The summed E-state index contributed by atoms with van der Waals surface area (Å²) in [5.74, 6) is 0.535. The van der Waals surface area contributed by atoms with Gasteiger partial charge in [-0.05, 0) is 29.7 Å². The van der Waals surface area contributed by atoms with Gasteiger partial charge in [-0.3, -0.25) is 9.78 Å². The van der Waals surface area contributed by atoms with Crippen LogP contribution in [0.3, 0.4) is 0 Å². The third-order valence-electron chi connectivity index (χ3n) is 4.48. The Kier molecular flexibility index (Phi) is 3.93. The van der Waals surface area contributed by atoms with Crippen molar-refractivity contribution < 1.29 is 0 Å². The van der Waals surface area contributed by atoms with Crippen molar-refractivity contribution in [3.05, 3.63) is 91.6 Å². The molecule has 126 valence electrons. The Morgan fingerprint density at radius 3 is 2.44 bits per heavy atom. The van der Waals surface area contributed by atoms with Gasteiger partial charge in [0.05, 0.1) is 10.7 Å². The summed E-state index contributed by atoms with van der Waals surface area (Å²) in [6.07, 6.45) is 0.881. The molecule has 1 aliphatic heterocycles. The average Bonchev–Trinajstić information content (AvgIpc) is 2.62. The summed E-state index contributed by atoms with van der Waals surface area (Å²) in [4.78, 5) is 29.9. The Morgan fingerprint density at radius 1 is 0.960 bits per heavy atom. The van der Waals surface area contributed by atoms with Crippen LogP contribution in [-0.2, 0) is 13.0 Å². The lowest BCUT2D eigenvalue weighted by Gasteiger charge is -2.30. The van der Waals surface area contributed by atoms with E-state index in [2.05, 4.69) is 17.1 Å². The van der Waals surface area contributed by atoms with Crippen LogP contribution in [0.15, 0.2) is 64.2 Å². The number of aromatic nitrogens is 2. The molecule has 0 atom stereocenters. The summed E-state index contributed by atoms with van der Waals surface area (Å²) in [6.45, 7) is 1.42. The first kappa shape index (κ1) is 15.7. The molecular formula is C19H16ClN3O2. The second-order valence-electron chi connectivity index (χ2n) is 6.03. The molecule has 0 spiro atoms. The average molecular weight is 354 g/mol. The predicted octanol–water partition coefficient (Wildman–Crippen LogP) is 2.74. The van der Waals surface area contributed by atoms with Gasteiger partial charge in [0.2, 0.25) is 0 Å². The van der Waals surface area contributed by atoms with Crippen LogP contribution in [0.1, 0.15) is 11.1 Å². The molecule has 4 rings (SSSR count). The highest BCUT2D eigenvalue weighted by Crippen LogP contribution is 2.22. The van der Waals surface area contributed by atoms with Gasteiger partial charge in [0.15, 0.2) is 0 Å². The van der Waals surface area contributed by atoms with E-state index in [9.17, 15) is 9.59 Å². The number of benzene rings is 2. The molecule has 0 fully saturated rings. The summed E-state index contributed by atoms with van der Waals surface area (Å²) in [7, 11) is 0. The van der Waals surface area contributed by atoms with Crippen LogP contribution in [0.5, 0.6) is 0 Å². The van der Waals surface area contributed by atoms with E-state index in [1.807, 2.05) is 17.0 Å². The third kappa shape index (κ3) is 2.87. The quantitative estimate of drug-likeness (QED) is 0.770. The minimum Gasteiger partial charge on any atom is -0.353 e. The van der Waals surface area contributed by atoms with Crippen molar-refractivity contribution in [3.8, 4) is 5.69 Å². The fourth-order valence-electron chi connectivity index (χ4n) is 3.22. The zero-order valence-corrected chi connectivity index (χ0v) is 14.2. The maximum Gasteiger partial charge on any atom is 0.334 e. The van der Waals surface area contributed by atoms with Gasteiger partial charge in [-0.2, -0.15) is 0 Å². The molecule has 25 heavy (non-hydrogen) atoms. The van der Waals surface area contributed by atoms with E-state index in [4.69, 9.17) is 11.6 Å². The highest BCUT2D eigenvalue weighted by atomic mass is 35.5. The lowest BCUT2D eigenvalue weighted by atomic mass is 10.00. The molecule has 6 heteroatoms. The Bertz CT molecular complexity index is 1020. The topological polar surface area (TPSA) is 58.1 Å². The minimum atomic E-state index is -0.491. The smallest absolute Gasteiger partial charge is 0.334 e. The number of fused-ring (bicyclic) bond motifs is 1. The molecule has 3 aromatic rings. The van der Waals surface area contributed by atoms with E-state index in [1.54, 1.807) is 24.3 Å². The molecule has 5 nitrogen and oxygen atoms in total. The van der Waals surface area contributed by atoms with Crippen LogP contribution < -0.4 is 16.1 Å². The molecule has 2 heterocycles. The zero-order chi connectivity index (χ0) is 17.4. The fourth-order valence-corrected chi connectivity index (χ4v) is 3.44. The maximum absolute atomic E-state index is 12.6. The van der Waals surface area contributed by atoms with Crippen molar-refractivity contribution in [2.45, 2.75) is 13.0 Å². The first-order chi connectivity index (χ1) is 12.1. The third-order valence-corrected chi connectivity index (χ3v) is 4.80. The molecule has 0 saturated heterocycles. The van der Waals surface area contributed by atoms with E-state index in [-0.39, 0.29) is 0 Å². The number of hydrogen-bond donors (Lipinski definition) is 1. The second-order valence-corrected chi connectivity index (χ2v) is 6.43. The molecule has 0 unspecified atom stereocenters. The van der Waals surface area contributed by atoms with Gasteiger partial charge in [0, 0.05) is 19.2 Å². The van der Waals surface area contributed by atoms with Gasteiger partial charge in [0.25, 0.3) is 5.56 Å². The van der Waals surface area contributed by atoms with Crippen LogP contribution in [-0.4, -0.2) is 16.1 Å². The summed E-state index contributed by atoms with van der Waals surface area (Å²) >= 11 is 6.12. The highest BCUT2D eigenvalue weighted by Gasteiger charge is 2.18. The van der Waals surface area contributed by atoms with Crippen molar-refractivity contribution >= 4 is 17.4 Å². The van der Waals surface area contributed by atoms with Gasteiger partial charge in [0.1, 0.15) is 5.82 Å². The standard InChI is InChI=1S/C19H16ClN3O2/c20-15-7-3-4-8-16(15)23-18(24)11-17(21-19(23)25)22-10-9-13-5-1-2-6-14(13)12-22/h1-8,11H,9-10,12H2,(H,21,25). The zero-order valence-electron chi connectivity index (χ0n) is 13.4. The van der Waals surface area contributed by atoms with Gasteiger partial charge >= 0.3 is 5.69 Å². The van der Waals surface area contributed by atoms with Crippen molar-refractivity contribution in [2.24, 2.45) is 0 Å². The lowest BCUT2D eigenvalue weighted by Crippen LogP contribution is -2.38. The van der Waals surface area contributed by atoms with Crippen molar-refractivity contribution in [2.75, 3.05) is 11.4 Å². The monoisotopic (exact) mass is 353 g/mol. The van der Waals surface area contributed by atoms with E-state index in [0.29, 0.717) is 23.1 Å². The number of anilines is 1. The number of hydrogen-bond acceptors (Lipinski definition) is 3. The predicted molar refractivity (Wildman–Crippen MR) is 98.9 cm³/mol. The molecule has 1 aliphatic rings. The van der Waals surface area contributed by atoms with Gasteiger partial charge in [-0.1, -0.05) is 48.0 Å². The highest BCUT2D eigenvalue weighted by molar-refractivity contribution is 6.32. The number of nitrogens with zero attached hydrogens (tertiary/aromatic N) is 2. The van der Waals surface area contributed by atoms with Crippen LogP contribution in [0.2, 0.25) is 5.02 Å². The first-order valence-electron chi connectivity index (χ1n) is 8.06. The van der Waals surface area contributed by atoms with Crippen LogP contribution in [0.4, 0.5) is 5.82 Å². The number of H-pyrrole nitrogens is 1. The van der Waals surface area contributed by atoms with Gasteiger partial charge in [-0.25, -0.2) is 9.36 Å². The molecule has 0 aliphatic carbocycles. The largest absolute Gasteiger partial charge is 0.353 e. The summed E-state index contributed by atoms with van der Waals surface area (Å²) in [6, 6.07) is 16.5. The lowest BCUT2D eigenvalue weighted by molar-refractivity contribution is 0.710. The summed E-state index contributed by atoms with van der Waals surface area (Å²) in [5, 5.41) is 0.356. The SMILES string of the molecule is O=c1cc(N2CCc3ccccc3C2)[nH]c(=O)n1-c1ccccc1Cl. The molecule has 0 bridgehead atoms. The maximum atomic E-state index is 12.6. The molecule has 2 aromatic carbocycles. The van der Waals surface area contributed by atoms with Crippen molar-refractivity contribution in [3.63, 3.8) is 0 Å². The summed E-state index contributed by atoms with van der Waals surface area (Å²) < 4.78 is 1.06. The van der Waals surface area contributed by atoms with Crippen LogP contribution >= 0.6 is 11.6 Å². The molecule has 1 N–H and O–H groups in total. The van der Waals surface area contributed by atoms with E-state index in [1.165, 1.54) is 17.2 Å². The molecule has 0 radical (unpaired) electrons. The molecule has 0 amide bonds. The van der Waals surface area contributed by atoms with Gasteiger partial charge < -0.3 is 4.90 Å². The number of halogens is 1. The van der Waals surface area contributed by atoms with E-state index >= 15 is 0 Å². The van der Waals surface area contributed by atoms with Crippen molar-refractivity contribution in [1.82, 2.24) is 9.55 Å². The molecular weight excluding hydrogens is 338 g/mol. The van der Waals surface area contributed by atoms with E-state index in [0.717, 1.165) is 17.5 Å². The minimum absolute atomic E-state index is 0.356. The summed E-state index contributed by atoms with van der Waals surface area (Å²) in [5.41, 5.74) is 2.02. The number of rotatable bonds is 2. The number of para-hydroxylation sites is 1. The number of nitrogens with one attached hydrogen (secondary N) is 1. The van der Waals surface area contributed by atoms with E-state index < -0.39 is 11.2 Å². The Labute approximate surface area is 149 Å². The van der Waals surface area contributed by atoms with Crippen molar-refractivity contribution in [1.29, 1.82) is 0 Å².